The normalized spacial score (nSPS) is 20.4. The van der Waals surface area contributed by atoms with Gasteiger partial charge in [0.2, 0.25) is 0 Å². The van der Waals surface area contributed by atoms with E-state index in [0.29, 0.717) is 35.7 Å². The van der Waals surface area contributed by atoms with Gasteiger partial charge in [-0.2, -0.15) is 0 Å². The summed E-state index contributed by atoms with van der Waals surface area (Å²) >= 11 is 0. The van der Waals surface area contributed by atoms with E-state index in [9.17, 15) is 14.7 Å². The Kier molecular flexibility index (Phi) is 6.55. The van der Waals surface area contributed by atoms with Crippen molar-refractivity contribution in [1.82, 2.24) is 4.90 Å². The standard InChI is InChI=1S/C29H29NO6/c1-3-4-12-34-22-8-5-7-19(16-22)26-25(28(32)29(33)30(26)17-23-9-6-13-35-23)27(31)20-10-11-24-21(15-20)14-18(2)36-24/h5-11,13,15-16,18,26,31H,3-4,12,14,17H2,1-2H3/b27-25+/t18-,26-/m1/s1. The van der Waals surface area contributed by atoms with Gasteiger partial charge in [-0.15, -0.1) is 0 Å². The SMILES string of the molecule is CCCCOc1cccc([C@@H]2/C(=C(\O)c3ccc4c(c3)C[C@@H](C)O4)C(=O)C(=O)N2Cc2ccco2)c1. The van der Waals surface area contributed by atoms with Gasteiger partial charge in [-0.1, -0.05) is 25.5 Å². The van der Waals surface area contributed by atoms with Gasteiger partial charge in [0.15, 0.2) is 0 Å². The minimum absolute atomic E-state index is 0.0455. The second-order valence-electron chi connectivity index (χ2n) is 9.24. The number of ketones is 1. The summed E-state index contributed by atoms with van der Waals surface area (Å²) < 4.78 is 17.1. The zero-order valence-electron chi connectivity index (χ0n) is 20.4. The van der Waals surface area contributed by atoms with Crippen molar-refractivity contribution in [1.29, 1.82) is 0 Å². The lowest BCUT2D eigenvalue weighted by molar-refractivity contribution is -0.140. The second-order valence-corrected chi connectivity index (χ2v) is 9.24. The third kappa shape index (κ3) is 4.49. The van der Waals surface area contributed by atoms with Crippen molar-refractivity contribution < 1.29 is 28.6 Å². The maximum Gasteiger partial charge on any atom is 0.296 e. The Morgan fingerprint density at radius 2 is 2.00 bits per heavy atom. The van der Waals surface area contributed by atoms with Gasteiger partial charge in [0, 0.05) is 12.0 Å². The molecule has 0 unspecified atom stereocenters. The average molecular weight is 488 g/mol. The Balaban J connectivity index is 1.59. The number of fused-ring (bicyclic) bond motifs is 1. The number of benzene rings is 2. The van der Waals surface area contributed by atoms with Gasteiger partial charge in [-0.25, -0.2) is 0 Å². The van der Waals surface area contributed by atoms with Gasteiger partial charge < -0.3 is 23.9 Å². The first-order valence-electron chi connectivity index (χ1n) is 12.3. The van der Waals surface area contributed by atoms with E-state index in [1.54, 1.807) is 24.3 Å². The summed E-state index contributed by atoms with van der Waals surface area (Å²) in [5.74, 6) is 0.333. The number of ether oxygens (including phenoxy) is 2. The Bertz CT molecular complexity index is 1310. The number of carbonyl (C=O) groups excluding carboxylic acids is 2. The first-order valence-corrected chi connectivity index (χ1v) is 12.3. The number of carbonyl (C=O) groups is 2. The largest absolute Gasteiger partial charge is 0.507 e. The van der Waals surface area contributed by atoms with Gasteiger partial charge in [-0.05, 0) is 66.9 Å². The molecular weight excluding hydrogens is 458 g/mol. The molecule has 36 heavy (non-hydrogen) atoms. The fraction of sp³-hybridized carbons (Fsp3) is 0.310. The maximum atomic E-state index is 13.3. The van der Waals surface area contributed by atoms with E-state index in [1.165, 1.54) is 11.2 Å². The molecule has 5 rings (SSSR count). The fourth-order valence-corrected chi connectivity index (χ4v) is 4.79. The van der Waals surface area contributed by atoms with Crippen LogP contribution < -0.4 is 9.47 Å². The molecule has 0 bridgehead atoms. The van der Waals surface area contributed by atoms with Crippen molar-refractivity contribution in [3.8, 4) is 11.5 Å². The Labute approximate surface area is 209 Å². The predicted octanol–water partition coefficient (Wildman–Crippen LogP) is 5.40. The topological polar surface area (TPSA) is 89.2 Å². The predicted molar refractivity (Wildman–Crippen MR) is 134 cm³/mol. The molecule has 0 aliphatic carbocycles. The van der Waals surface area contributed by atoms with Crippen LogP contribution in [0.25, 0.3) is 5.76 Å². The monoisotopic (exact) mass is 487 g/mol. The first-order chi connectivity index (χ1) is 17.5. The lowest BCUT2D eigenvalue weighted by Crippen LogP contribution is -2.29. The zero-order valence-corrected chi connectivity index (χ0v) is 20.4. The van der Waals surface area contributed by atoms with Gasteiger partial charge >= 0.3 is 0 Å². The Morgan fingerprint density at radius 1 is 1.14 bits per heavy atom. The molecule has 1 aromatic heterocycles. The van der Waals surface area contributed by atoms with E-state index in [0.717, 1.165) is 24.2 Å². The lowest BCUT2D eigenvalue weighted by Gasteiger charge is -2.25. The molecule has 1 amide bonds. The highest BCUT2D eigenvalue weighted by molar-refractivity contribution is 6.46. The van der Waals surface area contributed by atoms with Crippen molar-refractivity contribution >= 4 is 17.4 Å². The molecule has 0 spiro atoms. The van der Waals surface area contributed by atoms with Crippen LogP contribution in [0, 0.1) is 0 Å². The van der Waals surface area contributed by atoms with Crippen LogP contribution in [-0.4, -0.2) is 34.4 Å². The quantitative estimate of drug-likeness (QED) is 0.198. The van der Waals surface area contributed by atoms with Crippen molar-refractivity contribution in [2.24, 2.45) is 0 Å². The third-order valence-electron chi connectivity index (χ3n) is 6.56. The number of furan rings is 1. The van der Waals surface area contributed by atoms with E-state index in [2.05, 4.69) is 6.92 Å². The Hall–Kier alpha value is -4.00. The molecule has 0 radical (unpaired) electrons. The summed E-state index contributed by atoms with van der Waals surface area (Å²) in [5, 5.41) is 11.4. The van der Waals surface area contributed by atoms with E-state index in [-0.39, 0.29) is 24.0 Å². The molecule has 7 heteroatoms. The minimum Gasteiger partial charge on any atom is -0.507 e. The summed E-state index contributed by atoms with van der Waals surface area (Å²) in [4.78, 5) is 28.0. The third-order valence-corrected chi connectivity index (χ3v) is 6.56. The molecule has 1 N–H and O–H groups in total. The minimum atomic E-state index is -0.798. The smallest absolute Gasteiger partial charge is 0.296 e. The number of rotatable bonds is 8. The second kappa shape index (κ2) is 9.93. The van der Waals surface area contributed by atoms with Crippen LogP contribution in [0.2, 0.25) is 0 Å². The zero-order chi connectivity index (χ0) is 25.2. The summed E-state index contributed by atoms with van der Waals surface area (Å²) in [6.07, 6.45) is 4.21. The molecule has 7 nitrogen and oxygen atoms in total. The van der Waals surface area contributed by atoms with E-state index >= 15 is 0 Å². The number of unbranched alkanes of at least 4 members (excludes halogenated alkanes) is 1. The van der Waals surface area contributed by atoms with E-state index in [1.807, 2.05) is 37.3 Å². The van der Waals surface area contributed by atoms with Crippen LogP contribution >= 0.6 is 0 Å². The van der Waals surface area contributed by atoms with Gasteiger partial charge in [0.25, 0.3) is 11.7 Å². The van der Waals surface area contributed by atoms with Crippen LogP contribution in [0.15, 0.2) is 70.9 Å². The molecule has 1 fully saturated rings. The first kappa shape index (κ1) is 23.7. The number of aliphatic hydroxyl groups excluding tert-OH is 1. The van der Waals surface area contributed by atoms with Crippen molar-refractivity contribution in [3.05, 3.63) is 88.9 Å². The number of Topliss-reactive ketones (excluding diaryl/α,β-unsaturated/α-hetero) is 1. The highest BCUT2D eigenvalue weighted by Gasteiger charge is 2.46. The summed E-state index contributed by atoms with van der Waals surface area (Å²) in [7, 11) is 0. The average Bonchev–Trinajstić information content (AvgIpc) is 3.58. The molecule has 0 saturated carbocycles. The number of hydrogen-bond acceptors (Lipinski definition) is 6. The van der Waals surface area contributed by atoms with Crippen LogP contribution in [0.3, 0.4) is 0 Å². The van der Waals surface area contributed by atoms with Crippen molar-refractivity contribution in [2.45, 2.75) is 51.8 Å². The fourth-order valence-electron chi connectivity index (χ4n) is 4.79. The maximum absolute atomic E-state index is 13.3. The van der Waals surface area contributed by atoms with Crippen LogP contribution in [0.4, 0.5) is 0 Å². The molecule has 1 saturated heterocycles. The summed E-state index contributed by atoms with van der Waals surface area (Å²) in [5.41, 5.74) is 2.15. The number of aliphatic hydroxyl groups is 1. The number of nitrogens with zero attached hydrogens (tertiary/aromatic N) is 1. The molecule has 2 aliphatic rings. The summed E-state index contributed by atoms with van der Waals surface area (Å²) in [6, 6.07) is 15.4. The number of likely N-dealkylation sites (tertiary alicyclic amines) is 1. The van der Waals surface area contributed by atoms with Crippen molar-refractivity contribution in [2.75, 3.05) is 6.61 Å². The van der Waals surface area contributed by atoms with E-state index < -0.39 is 17.7 Å². The van der Waals surface area contributed by atoms with Gasteiger partial charge in [0.1, 0.15) is 29.1 Å². The van der Waals surface area contributed by atoms with Crippen LogP contribution in [0.1, 0.15) is 55.2 Å². The molecule has 3 heterocycles. The van der Waals surface area contributed by atoms with Gasteiger partial charge in [0.05, 0.1) is 31.0 Å². The highest BCUT2D eigenvalue weighted by atomic mass is 16.5. The van der Waals surface area contributed by atoms with Crippen LogP contribution in [-0.2, 0) is 22.6 Å². The molecule has 186 valence electrons. The number of amides is 1. The van der Waals surface area contributed by atoms with Crippen molar-refractivity contribution in [3.63, 3.8) is 0 Å². The summed E-state index contributed by atoms with van der Waals surface area (Å²) in [6.45, 7) is 4.74. The van der Waals surface area contributed by atoms with Gasteiger partial charge in [-0.3, -0.25) is 9.59 Å². The highest BCUT2D eigenvalue weighted by Crippen LogP contribution is 2.42. The van der Waals surface area contributed by atoms with Crippen LogP contribution in [0.5, 0.6) is 11.5 Å². The number of hydrogen-bond donors (Lipinski definition) is 1. The molecule has 2 aliphatic heterocycles. The molecular formula is C29H29NO6. The Morgan fingerprint density at radius 3 is 2.78 bits per heavy atom. The lowest BCUT2D eigenvalue weighted by atomic mass is 9.94. The molecule has 3 aromatic rings. The molecule has 2 atom stereocenters. The van der Waals surface area contributed by atoms with E-state index in [4.69, 9.17) is 13.9 Å². The molecule has 2 aromatic carbocycles.